The van der Waals surface area contributed by atoms with E-state index >= 15 is 0 Å². The molecule has 1 aromatic carbocycles. The van der Waals surface area contributed by atoms with Gasteiger partial charge in [0.25, 0.3) is 0 Å². The summed E-state index contributed by atoms with van der Waals surface area (Å²) in [5.41, 5.74) is 1.55. The van der Waals surface area contributed by atoms with Crippen molar-refractivity contribution >= 4 is 0 Å². The van der Waals surface area contributed by atoms with Gasteiger partial charge in [-0.15, -0.1) is 0 Å². The predicted octanol–water partition coefficient (Wildman–Crippen LogP) is 3.36. The van der Waals surface area contributed by atoms with Crippen LogP contribution in [0.15, 0.2) is 18.2 Å². The number of rotatable bonds is 4. The lowest BCUT2D eigenvalue weighted by atomic mass is 10.0. The van der Waals surface area contributed by atoms with Crippen LogP contribution in [-0.4, -0.2) is 5.11 Å². The molecule has 1 rings (SSSR count). The van der Waals surface area contributed by atoms with Gasteiger partial charge < -0.3 is 5.11 Å². The number of aliphatic hydroxyl groups excluding tert-OH is 1. The molecule has 0 aliphatic rings. The molecule has 14 heavy (non-hydrogen) atoms. The highest BCUT2D eigenvalue weighted by Crippen LogP contribution is 2.21. The molecule has 0 aliphatic carbocycles. The summed E-state index contributed by atoms with van der Waals surface area (Å²) < 4.78 is 13.0. The molecule has 0 amide bonds. The summed E-state index contributed by atoms with van der Waals surface area (Å²) in [7, 11) is 0. The van der Waals surface area contributed by atoms with Crippen molar-refractivity contribution in [1.29, 1.82) is 0 Å². The second-order valence-corrected chi connectivity index (χ2v) is 3.72. The third kappa shape index (κ3) is 3.11. The minimum atomic E-state index is -0.524. The SMILES string of the molecule is CCCCC(O)c1cc(C)cc(F)c1. The smallest absolute Gasteiger partial charge is 0.123 e. The molecule has 1 N–H and O–H groups in total. The van der Waals surface area contributed by atoms with Crippen LogP contribution in [0, 0.1) is 12.7 Å². The zero-order valence-electron chi connectivity index (χ0n) is 8.76. The van der Waals surface area contributed by atoms with E-state index in [0.29, 0.717) is 12.0 Å². The number of hydrogen-bond donors (Lipinski definition) is 1. The highest BCUT2D eigenvalue weighted by molar-refractivity contribution is 5.25. The summed E-state index contributed by atoms with van der Waals surface area (Å²) in [4.78, 5) is 0. The third-order valence-electron chi connectivity index (χ3n) is 2.28. The molecule has 2 heteroatoms. The van der Waals surface area contributed by atoms with E-state index in [1.54, 1.807) is 0 Å². The van der Waals surface area contributed by atoms with Crippen LogP contribution in [0.3, 0.4) is 0 Å². The maximum atomic E-state index is 13.0. The standard InChI is InChI=1S/C12H17FO/c1-3-4-5-12(14)10-6-9(2)7-11(13)8-10/h6-8,12,14H,3-5H2,1-2H3. The van der Waals surface area contributed by atoms with E-state index in [4.69, 9.17) is 0 Å². The Kier molecular flexibility index (Phi) is 4.08. The number of halogens is 1. The Morgan fingerprint density at radius 1 is 1.36 bits per heavy atom. The van der Waals surface area contributed by atoms with E-state index < -0.39 is 6.10 Å². The van der Waals surface area contributed by atoms with E-state index in [1.165, 1.54) is 12.1 Å². The van der Waals surface area contributed by atoms with E-state index in [1.807, 2.05) is 13.0 Å². The van der Waals surface area contributed by atoms with Crippen molar-refractivity contribution in [3.05, 3.63) is 35.1 Å². The first-order valence-corrected chi connectivity index (χ1v) is 5.08. The van der Waals surface area contributed by atoms with Crippen molar-refractivity contribution in [1.82, 2.24) is 0 Å². The lowest BCUT2D eigenvalue weighted by Crippen LogP contribution is -1.98. The molecule has 0 saturated carbocycles. The molecule has 1 aromatic rings. The summed E-state index contributed by atoms with van der Waals surface area (Å²) in [5.74, 6) is -0.268. The molecule has 0 spiro atoms. The Labute approximate surface area is 84.6 Å². The van der Waals surface area contributed by atoms with Crippen LogP contribution in [0.1, 0.15) is 43.4 Å². The highest BCUT2D eigenvalue weighted by atomic mass is 19.1. The van der Waals surface area contributed by atoms with Crippen LogP contribution in [0.2, 0.25) is 0 Å². The lowest BCUT2D eigenvalue weighted by molar-refractivity contribution is 0.164. The molecule has 0 aliphatic heterocycles. The molecular weight excluding hydrogens is 179 g/mol. The van der Waals surface area contributed by atoms with Gasteiger partial charge in [0.05, 0.1) is 6.10 Å². The first-order chi connectivity index (χ1) is 6.63. The fourth-order valence-electron chi connectivity index (χ4n) is 1.52. The Balaban J connectivity index is 2.73. The second-order valence-electron chi connectivity index (χ2n) is 3.72. The molecule has 0 heterocycles. The first kappa shape index (κ1) is 11.2. The van der Waals surface area contributed by atoms with Crippen molar-refractivity contribution in [2.45, 2.75) is 39.2 Å². The number of unbranched alkanes of at least 4 members (excludes halogenated alkanes) is 1. The first-order valence-electron chi connectivity index (χ1n) is 5.08. The van der Waals surface area contributed by atoms with Gasteiger partial charge in [0.15, 0.2) is 0 Å². The van der Waals surface area contributed by atoms with Crippen molar-refractivity contribution < 1.29 is 9.50 Å². The van der Waals surface area contributed by atoms with Gasteiger partial charge in [-0.25, -0.2) is 4.39 Å². The summed E-state index contributed by atoms with van der Waals surface area (Å²) in [6.07, 6.45) is 2.20. The molecular formula is C12H17FO. The van der Waals surface area contributed by atoms with Crippen LogP contribution in [0.25, 0.3) is 0 Å². The molecule has 0 fully saturated rings. The number of aliphatic hydroxyl groups is 1. The fraction of sp³-hybridized carbons (Fsp3) is 0.500. The zero-order chi connectivity index (χ0) is 10.6. The average molecular weight is 196 g/mol. The van der Waals surface area contributed by atoms with E-state index in [-0.39, 0.29) is 5.82 Å². The Morgan fingerprint density at radius 2 is 2.07 bits per heavy atom. The molecule has 78 valence electrons. The summed E-state index contributed by atoms with van der Waals surface area (Å²) in [6.45, 7) is 3.91. The quantitative estimate of drug-likeness (QED) is 0.782. The molecule has 1 unspecified atom stereocenters. The maximum Gasteiger partial charge on any atom is 0.123 e. The molecule has 0 bridgehead atoms. The topological polar surface area (TPSA) is 20.2 Å². The number of aryl methyl sites for hydroxylation is 1. The van der Waals surface area contributed by atoms with E-state index in [2.05, 4.69) is 6.92 Å². The van der Waals surface area contributed by atoms with Gasteiger partial charge >= 0.3 is 0 Å². The average Bonchev–Trinajstić information content (AvgIpc) is 2.12. The zero-order valence-corrected chi connectivity index (χ0v) is 8.76. The normalized spacial score (nSPS) is 12.9. The Morgan fingerprint density at radius 3 is 2.64 bits per heavy atom. The summed E-state index contributed by atoms with van der Waals surface area (Å²) in [5, 5.41) is 9.73. The van der Waals surface area contributed by atoms with Crippen LogP contribution in [0.4, 0.5) is 4.39 Å². The lowest BCUT2D eigenvalue weighted by Gasteiger charge is -2.11. The van der Waals surface area contributed by atoms with Crippen LogP contribution in [-0.2, 0) is 0 Å². The minimum Gasteiger partial charge on any atom is -0.388 e. The summed E-state index contributed by atoms with van der Waals surface area (Å²) in [6, 6.07) is 4.72. The minimum absolute atomic E-state index is 0.268. The molecule has 0 aromatic heterocycles. The summed E-state index contributed by atoms with van der Waals surface area (Å²) >= 11 is 0. The van der Waals surface area contributed by atoms with Crippen LogP contribution >= 0.6 is 0 Å². The second kappa shape index (κ2) is 5.11. The van der Waals surface area contributed by atoms with E-state index in [0.717, 1.165) is 18.4 Å². The maximum absolute atomic E-state index is 13.0. The molecule has 1 nitrogen and oxygen atoms in total. The third-order valence-corrected chi connectivity index (χ3v) is 2.28. The number of hydrogen-bond acceptors (Lipinski definition) is 1. The fourth-order valence-corrected chi connectivity index (χ4v) is 1.52. The highest BCUT2D eigenvalue weighted by Gasteiger charge is 2.08. The van der Waals surface area contributed by atoms with Gasteiger partial charge in [-0.3, -0.25) is 0 Å². The Bertz CT molecular complexity index is 276. The molecule has 1 atom stereocenters. The van der Waals surface area contributed by atoms with Gasteiger partial charge in [-0.05, 0) is 36.6 Å². The van der Waals surface area contributed by atoms with Gasteiger partial charge in [-0.2, -0.15) is 0 Å². The van der Waals surface area contributed by atoms with Crippen LogP contribution in [0.5, 0.6) is 0 Å². The molecule has 0 radical (unpaired) electrons. The predicted molar refractivity (Wildman–Crippen MR) is 55.6 cm³/mol. The van der Waals surface area contributed by atoms with Gasteiger partial charge in [0.2, 0.25) is 0 Å². The largest absolute Gasteiger partial charge is 0.388 e. The van der Waals surface area contributed by atoms with Gasteiger partial charge in [0, 0.05) is 0 Å². The van der Waals surface area contributed by atoms with E-state index in [9.17, 15) is 9.50 Å². The van der Waals surface area contributed by atoms with Crippen molar-refractivity contribution in [3.8, 4) is 0 Å². The van der Waals surface area contributed by atoms with Crippen molar-refractivity contribution in [3.63, 3.8) is 0 Å². The van der Waals surface area contributed by atoms with Crippen molar-refractivity contribution in [2.24, 2.45) is 0 Å². The van der Waals surface area contributed by atoms with Gasteiger partial charge in [0.1, 0.15) is 5.82 Å². The molecule has 0 saturated heterocycles. The van der Waals surface area contributed by atoms with Crippen LogP contribution < -0.4 is 0 Å². The van der Waals surface area contributed by atoms with Gasteiger partial charge in [-0.1, -0.05) is 25.8 Å². The van der Waals surface area contributed by atoms with Crippen molar-refractivity contribution in [2.75, 3.05) is 0 Å². The Hall–Kier alpha value is -0.890. The monoisotopic (exact) mass is 196 g/mol. The number of benzene rings is 1.